The summed E-state index contributed by atoms with van der Waals surface area (Å²) < 4.78 is 40.5. The van der Waals surface area contributed by atoms with E-state index in [1.807, 2.05) is 24.3 Å². The van der Waals surface area contributed by atoms with E-state index in [4.69, 9.17) is 9.72 Å². The number of imide groups is 1. The second kappa shape index (κ2) is 16.5. The third-order valence-electron chi connectivity index (χ3n) is 14.9. The first-order valence-electron chi connectivity index (χ1n) is 22.9. The van der Waals surface area contributed by atoms with Crippen LogP contribution >= 0.6 is 0 Å². The smallest absolute Gasteiger partial charge is 0.329 e. The van der Waals surface area contributed by atoms with Crippen LogP contribution < -0.4 is 21.2 Å². The summed E-state index contributed by atoms with van der Waals surface area (Å²) in [4.78, 5) is 63.1. The van der Waals surface area contributed by atoms with Gasteiger partial charge in [0.1, 0.15) is 17.4 Å². The molecule has 4 aromatic heterocycles. The molecule has 5 aliphatic heterocycles. The molecular weight excluding hydrogens is 839 g/mol. The number of likely N-dealkylation sites (tertiary alicyclic amines) is 2. The van der Waals surface area contributed by atoms with Gasteiger partial charge in [0.2, 0.25) is 11.8 Å². The number of alkyl halides is 2. The van der Waals surface area contributed by atoms with Gasteiger partial charge in [0.05, 0.1) is 59.8 Å². The fourth-order valence-corrected chi connectivity index (χ4v) is 11.4. The average molecular weight is 891 g/mol. The number of nitrogens with one attached hydrogen (secondary N) is 2. The van der Waals surface area contributed by atoms with Gasteiger partial charge in [-0.1, -0.05) is 17.9 Å². The Morgan fingerprint density at radius 2 is 1.86 bits per heavy atom. The quantitative estimate of drug-likeness (QED) is 0.163. The second-order valence-electron chi connectivity index (χ2n) is 19.0. The fraction of sp³-hybridized carbons (Fsp3) is 0.543. The number of aryl methyl sites for hydroxylation is 1. The number of piperidine rings is 2. The van der Waals surface area contributed by atoms with Crippen LogP contribution in [0.25, 0.3) is 16.7 Å². The summed E-state index contributed by atoms with van der Waals surface area (Å²) >= 11 is 0. The summed E-state index contributed by atoms with van der Waals surface area (Å²) in [6.45, 7) is 7.17. The van der Waals surface area contributed by atoms with Crippen molar-refractivity contribution in [3.8, 4) is 11.8 Å². The Morgan fingerprint density at radius 1 is 1.05 bits per heavy atom. The number of halogens is 2. The highest BCUT2D eigenvalue weighted by Crippen LogP contribution is 2.43. The van der Waals surface area contributed by atoms with Crippen molar-refractivity contribution >= 4 is 45.9 Å². The van der Waals surface area contributed by atoms with Crippen LogP contribution in [0.15, 0.2) is 47.7 Å². The maximum Gasteiger partial charge on any atom is 0.329 e. The number of rotatable bonds is 9. The molecule has 5 saturated heterocycles. The molecule has 1 aliphatic carbocycles. The largest absolute Gasteiger partial charge is 0.374 e. The molecule has 5 aromatic rings. The number of ether oxygens (including phenoxy) is 1. The van der Waals surface area contributed by atoms with E-state index in [9.17, 15) is 28.0 Å². The molecule has 6 aliphatic rings. The average Bonchev–Trinajstić information content (AvgIpc) is 4.14. The molecule has 3 atom stereocenters. The van der Waals surface area contributed by atoms with Crippen molar-refractivity contribution in [2.75, 3.05) is 62.6 Å². The highest BCUT2D eigenvalue weighted by Gasteiger charge is 2.45. The van der Waals surface area contributed by atoms with E-state index in [0.29, 0.717) is 41.2 Å². The molecule has 340 valence electrons. The van der Waals surface area contributed by atoms with Crippen molar-refractivity contribution < 1.29 is 27.9 Å². The van der Waals surface area contributed by atoms with Crippen molar-refractivity contribution in [3.63, 3.8) is 0 Å². The number of carbonyl (C=O) groups is 3. The summed E-state index contributed by atoms with van der Waals surface area (Å²) in [7, 11) is 1.69. The predicted octanol–water partition coefficient (Wildman–Crippen LogP) is 3.91. The Bertz CT molecular complexity index is 2810. The monoisotopic (exact) mass is 890 g/mol. The van der Waals surface area contributed by atoms with Crippen molar-refractivity contribution in [1.29, 1.82) is 0 Å². The number of hydrogen-bond acceptors (Lipinski definition) is 11. The lowest BCUT2D eigenvalue weighted by molar-refractivity contribution is -0.135. The van der Waals surface area contributed by atoms with Crippen molar-refractivity contribution in [3.05, 3.63) is 70.2 Å². The first-order chi connectivity index (χ1) is 31.5. The third-order valence-corrected chi connectivity index (χ3v) is 14.9. The summed E-state index contributed by atoms with van der Waals surface area (Å²) in [5, 5.41) is 13.7. The summed E-state index contributed by atoms with van der Waals surface area (Å²) in [6, 6.07) is 6.92. The highest BCUT2D eigenvalue weighted by molar-refractivity contribution is 6.08. The van der Waals surface area contributed by atoms with E-state index in [2.05, 4.69) is 47.4 Å². The number of hydrogen-bond donors (Lipinski definition) is 2. The van der Waals surface area contributed by atoms with E-state index in [-0.39, 0.29) is 53.9 Å². The Balaban J connectivity index is 0.655. The lowest BCUT2D eigenvalue weighted by Gasteiger charge is -2.55. The molecule has 9 heterocycles. The van der Waals surface area contributed by atoms with E-state index < -0.39 is 30.0 Å². The first kappa shape index (κ1) is 41.7. The van der Waals surface area contributed by atoms with Gasteiger partial charge >= 0.3 is 5.69 Å². The molecule has 0 radical (unpaired) electrons. The Hall–Kier alpha value is -5.97. The number of aromatic nitrogens is 7. The molecule has 2 N–H and O–H groups in total. The molecule has 1 saturated carbocycles. The van der Waals surface area contributed by atoms with Gasteiger partial charge in [-0.3, -0.25) is 38.4 Å². The molecule has 1 spiro atoms. The first-order valence-corrected chi connectivity index (χ1v) is 22.9. The van der Waals surface area contributed by atoms with Crippen LogP contribution in [0, 0.1) is 23.2 Å². The number of amides is 3. The van der Waals surface area contributed by atoms with Gasteiger partial charge in [0.15, 0.2) is 11.3 Å². The van der Waals surface area contributed by atoms with Gasteiger partial charge < -0.3 is 19.9 Å². The minimum atomic E-state index is -2.85. The Labute approximate surface area is 373 Å². The minimum absolute atomic E-state index is 0.00516. The highest BCUT2D eigenvalue weighted by atomic mass is 19.3. The van der Waals surface area contributed by atoms with Gasteiger partial charge in [0, 0.05) is 52.0 Å². The predicted molar refractivity (Wildman–Crippen MR) is 235 cm³/mol. The maximum absolute atomic E-state index is 14.3. The summed E-state index contributed by atoms with van der Waals surface area (Å²) in [5.74, 6) is 6.57. The SMILES string of the molecule is Cn1c(=O)n(C2CCC(=O)NC2=O)c2cccc(C#CCN3CCC4(CC3)CN(C[C@H]3CC[C@H](n5cc(NC(=O)c6cnn7ccc(N8C[C@H]9C[C@@H]8CO9)nc67)c(C(F)F)n5)CC3)C4)c21. The zero-order valence-electron chi connectivity index (χ0n) is 36.3. The van der Waals surface area contributed by atoms with Gasteiger partial charge in [-0.25, -0.2) is 23.1 Å². The summed E-state index contributed by atoms with van der Waals surface area (Å²) in [6.07, 6.45) is 9.34. The second-order valence-corrected chi connectivity index (χ2v) is 19.0. The molecule has 19 heteroatoms. The lowest BCUT2D eigenvalue weighted by atomic mass is 9.71. The molecule has 11 rings (SSSR count). The van der Waals surface area contributed by atoms with Gasteiger partial charge in [0.25, 0.3) is 12.3 Å². The number of nitrogens with zero attached hydrogens (tertiary/aromatic N) is 10. The van der Waals surface area contributed by atoms with Gasteiger partial charge in [-0.15, -0.1) is 0 Å². The van der Waals surface area contributed by atoms with Crippen LogP contribution in [0.1, 0.15) is 97.9 Å². The fourth-order valence-electron chi connectivity index (χ4n) is 11.4. The van der Waals surface area contributed by atoms with E-state index in [0.717, 1.165) is 95.6 Å². The van der Waals surface area contributed by atoms with E-state index >= 15 is 0 Å². The number of morpholine rings is 1. The van der Waals surface area contributed by atoms with Gasteiger partial charge in [-0.05, 0) is 94.0 Å². The van der Waals surface area contributed by atoms with Crippen LogP contribution in [0.3, 0.4) is 0 Å². The Kier molecular flexibility index (Phi) is 10.6. The van der Waals surface area contributed by atoms with Crippen LogP contribution in [-0.4, -0.2) is 126 Å². The molecule has 1 aromatic carbocycles. The number of carbonyl (C=O) groups excluding carboxylic acids is 3. The molecule has 65 heavy (non-hydrogen) atoms. The lowest BCUT2D eigenvalue weighted by Crippen LogP contribution is -2.61. The number of benzene rings is 1. The van der Waals surface area contributed by atoms with Crippen LogP contribution in [0.4, 0.5) is 20.3 Å². The molecule has 1 unspecified atom stereocenters. The van der Waals surface area contributed by atoms with E-state index in [1.165, 1.54) is 19.8 Å². The molecular formula is C46H52F2N12O5. The molecule has 6 fully saturated rings. The molecule has 17 nitrogen and oxygen atoms in total. The normalized spacial score (nSPS) is 25.7. The molecule has 3 amide bonds. The van der Waals surface area contributed by atoms with Crippen LogP contribution in [0.2, 0.25) is 0 Å². The number of para-hydroxylation sites is 1. The number of fused-ring (bicyclic) bond motifs is 4. The summed E-state index contributed by atoms with van der Waals surface area (Å²) in [5.41, 5.74) is 2.20. The zero-order chi connectivity index (χ0) is 44.6. The van der Waals surface area contributed by atoms with E-state index in [1.54, 1.807) is 24.1 Å². The standard InChI is InChI=1S/C46H52F2N12O5/c1-54-40-29(4-2-6-35(40)60(45(54)64)36-11-12-38(61)52-44(36)63)5-3-16-55-18-14-46(15-19-55)26-56(27-46)22-28-7-9-30(10-8-28)59-24-34(39(53-59)41(47)48)50-43(62)33-21-49-58-17-13-37(51-42(33)58)57-23-32-20-31(57)25-65-32/h2,4,6,13,17,21,24,28,30-32,36,41H,7-12,14-16,18-20,22-23,25-27H2,1H3,(H,50,62)(H,52,61,63)/t28-,30-,31-,32-,36?/m1/s1. The third kappa shape index (κ3) is 7.68. The minimum Gasteiger partial charge on any atom is -0.374 e. The molecule has 2 bridgehead atoms. The number of anilines is 2. The van der Waals surface area contributed by atoms with Crippen molar-refractivity contribution in [1.82, 2.24) is 48.6 Å². The Morgan fingerprint density at radius 3 is 2.60 bits per heavy atom. The van der Waals surface area contributed by atoms with Crippen LogP contribution in [0.5, 0.6) is 0 Å². The maximum atomic E-state index is 14.3. The van der Waals surface area contributed by atoms with Crippen molar-refractivity contribution in [2.45, 2.75) is 88.4 Å². The van der Waals surface area contributed by atoms with Gasteiger partial charge in [-0.2, -0.15) is 10.2 Å². The zero-order valence-corrected chi connectivity index (χ0v) is 36.3. The van der Waals surface area contributed by atoms with Crippen LogP contribution in [-0.2, 0) is 21.4 Å². The van der Waals surface area contributed by atoms with Crippen molar-refractivity contribution in [2.24, 2.45) is 18.4 Å². The number of imidazole rings is 1. The topological polar surface area (TPSA) is 169 Å².